The van der Waals surface area contributed by atoms with E-state index in [4.69, 9.17) is 4.74 Å². The van der Waals surface area contributed by atoms with Gasteiger partial charge in [-0.2, -0.15) is 0 Å². The summed E-state index contributed by atoms with van der Waals surface area (Å²) in [6.45, 7) is 4.44. The van der Waals surface area contributed by atoms with Crippen LogP contribution in [0.15, 0.2) is 24.3 Å². The van der Waals surface area contributed by atoms with E-state index in [9.17, 15) is 9.90 Å². The number of esters is 1. The van der Waals surface area contributed by atoms with Crippen molar-refractivity contribution in [3.05, 3.63) is 35.4 Å². The average Bonchev–Trinajstić information content (AvgIpc) is 2.96. The number of aryl methyl sites for hydroxylation is 1. The summed E-state index contributed by atoms with van der Waals surface area (Å²) in [7, 11) is 0. The number of carbonyl (C=O) groups excluding carboxylic acids is 1. The summed E-state index contributed by atoms with van der Waals surface area (Å²) in [6.07, 6.45) is 10.3. The summed E-state index contributed by atoms with van der Waals surface area (Å²) in [5, 5.41) is 9.79. The number of ether oxygens (including phenoxy) is 1. The second-order valence-corrected chi connectivity index (χ2v) is 8.62. The molecule has 3 nitrogen and oxygen atoms in total. The summed E-state index contributed by atoms with van der Waals surface area (Å²) in [5.41, 5.74) is 4.14. The van der Waals surface area contributed by atoms with Crippen LogP contribution in [0.2, 0.25) is 0 Å². The number of fused-ring (bicyclic) bond motifs is 5. The smallest absolute Gasteiger partial charge is 0.306 e. The fraction of sp³-hybridized carbons (Fsp3) is 0.609. The van der Waals surface area contributed by atoms with E-state index in [0.717, 1.165) is 44.9 Å². The van der Waals surface area contributed by atoms with Gasteiger partial charge in [-0.1, -0.05) is 32.4 Å². The molecule has 140 valence electrons. The molecule has 26 heavy (non-hydrogen) atoms. The zero-order valence-corrected chi connectivity index (χ0v) is 16.0. The van der Waals surface area contributed by atoms with Gasteiger partial charge < -0.3 is 9.84 Å². The van der Waals surface area contributed by atoms with Gasteiger partial charge >= 0.3 is 5.97 Å². The van der Waals surface area contributed by atoms with E-state index in [-0.39, 0.29) is 17.5 Å². The van der Waals surface area contributed by atoms with Crippen molar-refractivity contribution in [2.24, 2.45) is 17.3 Å². The maximum Gasteiger partial charge on any atom is 0.306 e. The predicted molar refractivity (Wildman–Crippen MR) is 103 cm³/mol. The minimum atomic E-state index is -0.0158. The van der Waals surface area contributed by atoms with Crippen LogP contribution in [0.25, 0.3) is 5.57 Å². The lowest BCUT2D eigenvalue weighted by molar-refractivity contribution is -0.155. The Labute approximate surface area is 156 Å². The maximum atomic E-state index is 12.2. The molecule has 1 fully saturated rings. The van der Waals surface area contributed by atoms with Crippen LogP contribution in [0.5, 0.6) is 5.75 Å². The molecule has 1 aromatic rings. The molecule has 0 aliphatic heterocycles. The number of hydrogen-bond acceptors (Lipinski definition) is 3. The first-order chi connectivity index (χ1) is 12.5. The Hall–Kier alpha value is -1.77. The number of allylic oxidation sites excluding steroid dienone is 2. The van der Waals surface area contributed by atoms with Crippen molar-refractivity contribution in [1.82, 2.24) is 0 Å². The largest absolute Gasteiger partial charge is 0.508 e. The molecule has 0 saturated heterocycles. The van der Waals surface area contributed by atoms with E-state index in [1.54, 1.807) is 0 Å². The van der Waals surface area contributed by atoms with E-state index in [2.05, 4.69) is 26.0 Å². The molecular formula is C23H30O3. The van der Waals surface area contributed by atoms with Gasteiger partial charge in [0, 0.05) is 11.8 Å². The standard InChI is InChI=1S/C23H30O3/c1-3-4-5-22(25)26-21-11-10-20-19-8-6-15-14-16(24)7-9-17(15)18(19)12-13-23(20,21)2/h7,9,12,14,19-21,24H,3-6,8,10-11,13H2,1-2H3/t19?,20?,21-,23-/m0/s1. The lowest BCUT2D eigenvalue weighted by Crippen LogP contribution is -2.41. The molecular weight excluding hydrogens is 324 g/mol. The fourth-order valence-corrected chi connectivity index (χ4v) is 5.65. The number of carbonyl (C=O) groups is 1. The first-order valence-corrected chi connectivity index (χ1v) is 10.2. The van der Waals surface area contributed by atoms with E-state index >= 15 is 0 Å². The van der Waals surface area contributed by atoms with E-state index < -0.39 is 0 Å². The molecule has 3 aliphatic rings. The molecule has 0 spiro atoms. The van der Waals surface area contributed by atoms with Gasteiger partial charge in [0.05, 0.1) is 0 Å². The Morgan fingerprint density at radius 2 is 2.15 bits per heavy atom. The Bertz CT molecular complexity index is 735. The summed E-state index contributed by atoms with van der Waals surface area (Å²) < 4.78 is 5.95. The molecule has 0 bridgehead atoms. The molecule has 1 saturated carbocycles. The number of phenolic OH excluding ortho intramolecular Hbond substituents is 1. The monoisotopic (exact) mass is 354 g/mol. The Kier molecular flexibility index (Phi) is 4.58. The zero-order valence-electron chi connectivity index (χ0n) is 16.0. The molecule has 1 N–H and O–H groups in total. The van der Waals surface area contributed by atoms with Crippen molar-refractivity contribution >= 4 is 11.5 Å². The molecule has 3 heteroatoms. The van der Waals surface area contributed by atoms with Crippen molar-refractivity contribution < 1.29 is 14.6 Å². The van der Waals surface area contributed by atoms with Crippen LogP contribution < -0.4 is 0 Å². The normalized spacial score (nSPS) is 32.2. The molecule has 1 aromatic carbocycles. The van der Waals surface area contributed by atoms with Gasteiger partial charge in [0.2, 0.25) is 0 Å². The van der Waals surface area contributed by atoms with Crippen LogP contribution in [-0.2, 0) is 16.0 Å². The SMILES string of the molecule is CCCCC(=O)O[C@H]1CCC2C3CCc4cc(O)ccc4C3=CC[C@@]21C. The molecule has 4 atom stereocenters. The first-order valence-electron chi connectivity index (χ1n) is 10.2. The second-order valence-electron chi connectivity index (χ2n) is 8.62. The van der Waals surface area contributed by atoms with E-state index in [1.807, 2.05) is 12.1 Å². The predicted octanol–water partition coefficient (Wildman–Crippen LogP) is 5.26. The number of unbranched alkanes of at least 4 members (excludes halogenated alkanes) is 1. The van der Waals surface area contributed by atoms with E-state index in [1.165, 1.54) is 16.7 Å². The number of hydrogen-bond donors (Lipinski definition) is 1. The van der Waals surface area contributed by atoms with Crippen molar-refractivity contribution in [2.75, 3.05) is 0 Å². The highest BCUT2D eigenvalue weighted by Gasteiger charge is 2.53. The lowest BCUT2D eigenvalue weighted by Gasteiger charge is -2.46. The quantitative estimate of drug-likeness (QED) is 0.750. The lowest BCUT2D eigenvalue weighted by atomic mass is 9.60. The van der Waals surface area contributed by atoms with Crippen LogP contribution in [0, 0.1) is 17.3 Å². The van der Waals surface area contributed by atoms with Gasteiger partial charge in [0.1, 0.15) is 11.9 Å². The summed E-state index contributed by atoms with van der Waals surface area (Å²) in [6, 6.07) is 5.82. The Morgan fingerprint density at radius 3 is 2.96 bits per heavy atom. The highest BCUT2D eigenvalue weighted by Crippen LogP contribution is 2.59. The zero-order chi connectivity index (χ0) is 18.3. The topological polar surface area (TPSA) is 46.5 Å². The Balaban J connectivity index is 1.57. The minimum absolute atomic E-state index is 0.0158. The van der Waals surface area contributed by atoms with Gasteiger partial charge in [0.25, 0.3) is 0 Å². The second kappa shape index (κ2) is 6.75. The number of aromatic hydroxyl groups is 1. The number of rotatable bonds is 4. The average molecular weight is 354 g/mol. The maximum absolute atomic E-state index is 12.2. The third-order valence-electron chi connectivity index (χ3n) is 7.10. The van der Waals surface area contributed by atoms with Gasteiger partial charge in [-0.25, -0.2) is 0 Å². The number of benzene rings is 1. The van der Waals surface area contributed by atoms with Crippen LogP contribution >= 0.6 is 0 Å². The highest BCUT2D eigenvalue weighted by molar-refractivity contribution is 5.74. The highest BCUT2D eigenvalue weighted by atomic mass is 16.5. The Morgan fingerprint density at radius 1 is 1.31 bits per heavy atom. The molecule has 0 radical (unpaired) electrons. The van der Waals surface area contributed by atoms with Crippen LogP contribution in [0.3, 0.4) is 0 Å². The third kappa shape index (κ3) is 2.86. The van der Waals surface area contributed by atoms with Crippen molar-refractivity contribution in [2.45, 2.75) is 71.3 Å². The van der Waals surface area contributed by atoms with Crippen molar-refractivity contribution in [3.8, 4) is 5.75 Å². The summed E-state index contributed by atoms with van der Waals surface area (Å²) in [5.74, 6) is 1.50. The summed E-state index contributed by atoms with van der Waals surface area (Å²) in [4.78, 5) is 12.2. The van der Waals surface area contributed by atoms with Crippen molar-refractivity contribution in [1.29, 1.82) is 0 Å². The first kappa shape index (κ1) is 17.6. The minimum Gasteiger partial charge on any atom is -0.508 e. The van der Waals surface area contributed by atoms with Crippen molar-refractivity contribution in [3.63, 3.8) is 0 Å². The van der Waals surface area contributed by atoms with Gasteiger partial charge in [0.15, 0.2) is 0 Å². The number of phenols is 1. The van der Waals surface area contributed by atoms with Gasteiger partial charge in [-0.05, 0) is 79.2 Å². The molecule has 3 aliphatic carbocycles. The van der Waals surface area contributed by atoms with Crippen LogP contribution in [-0.4, -0.2) is 17.2 Å². The van der Waals surface area contributed by atoms with Crippen LogP contribution in [0.1, 0.15) is 69.9 Å². The van der Waals surface area contributed by atoms with Gasteiger partial charge in [-0.15, -0.1) is 0 Å². The molecule has 4 rings (SSSR count). The van der Waals surface area contributed by atoms with Gasteiger partial charge in [-0.3, -0.25) is 4.79 Å². The molecule has 0 aromatic heterocycles. The molecule has 0 heterocycles. The molecule has 2 unspecified atom stereocenters. The summed E-state index contributed by atoms with van der Waals surface area (Å²) >= 11 is 0. The fourth-order valence-electron chi connectivity index (χ4n) is 5.65. The van der Waals surface area contributed by atoms with E-state index in [0.29, 0.717) is 24.0 Å². The third-order valence-corrected chi connectivity index (χ3v) is 7.10. The molecule has 0 amide bonds. The van der Waals surface area contributed by atoms with Crippen LogP contribution in [0.4, 0.5) is 0 Å².